The van der Waals surface area contributed by atoms with Gasteiger partial charge in [0.2, 0.25) is 10.0 Å². The van der Waals surface area contributed by atoms with E-state index < -0.39 is 10.0 Å². The Kier molecular flexibility index (Phi) is 5.82. The number of methoxy groups -OCH3 is 2. The zero-order valence-corrected chi connectivity index (χ0v) is 16.2. The van der Waals surface area contributed by atoms with Gasteiger partial charge in [-0.05, 0) is 25.0 Å². The minimum atomic E-state index is -3.81. The smallest absolute Gasteiger partial charge is 0.246 e. The summed E-state index contributed by atoms with van der Waals surface area (Å²) in [6.45, 7) is 0.539. The zero-order chi connectivity index (χ0) is 19.4. The van der Waals surface area contributed by atoms with Gasteiger partial charge in [-0.3, -0.25) is 4.79 Å². The number of rotatable bonds is 6. The Morgan fingerprint density at radius 1 is 1.07 bits per heavy atom. The fourth-order valence-corrected chi connectivity index (χ4v) is 5.03. The molecular weight excluding hydrogens is 366 g/mol. The molecule has 3 rings (SSSR count). The number of carbonyl (C=O) groups excluding carboxylic acids is 1. The third-order valence-corrected chi connectivity index (χ3v) is 6.69. The van der Waals surface area contributed by atoms with Crippen LogP contribution >= 0.6 is 0 Å². The summed E-state index contributed by atoms with van der Waals surface area (Å²) in [5, 5.41) is 0. The largest absolute Gasteiger partial charge is 0.497 e. The highest BCUT2D eigenvalue weighted by atomic mass is 32.2. The maximum atomic E-state index is 13.2. The van der Waals surface area contributed by atoms with Crippen LogP contribution in [0.2, 0.25) is 0 Å². The second-order valence-corrected chi connectivity index (χ2v) is 8.36. The topological polar surface area (TPSA) is 72.9 Å². The van der Waals surface area contributed by atoms with Gasteiger partial charge in [0.15, 0.2) is 5.78 Å². The summed E-state index contributed by atoms with van der Waals surface area (Å²) < 4.78 is 38.2. The van der Waals surface area contributed by atoms with E-state index >= 15 is 0 Å². The molecule has 1 fully saturated rings. The Morgan fingerprint density at radius 2 is 1.81 bits per heavy atom. The van der Waals surface area contributed by atoms with Crippen LogP contribution in [-0.2, 0) is 10.0 Å². The first-order valence-corrected chi connectivity index (χ1v) is 10.2. The molecule has 2 aromatic rings. The molecule has 144 valence electrons. The Hall–Kier alpha value is -2.38. The minimum Gasteiger partial charge on any atom is -0.497 e. The SMILES string of the molecule is COc1ccc(OC)c(S(=O)(=O)N2CCCC(C(=O)c3ccccc3)C2)c1. The predicted molar refractivity (Wildman–Crippen MR) is 102 cm³/mol. The van der Waals surface area contributed by atoms with Gasteiger partial charge in [-0.2, -0.15) is 4.31 Å². The molecule has 0 spiro atoms. The van der Waals surface area contributed by atoms with E-state index in [1.165, 1.54) is 24.6 Å². The third-order valence-electron chi connectivity index (χ3n) is 4.80. The average molecular weight is 389 g/mol. The van der Waals surface area contributed by atoms with Gasteiger partial charge in [0.05, 0.1) is 14.2 Å². The van der Waals surface area contributed by atoms with Crippen LogP contribution in [0, 0.1) is 5.92 Å². The normalized spacial score (nSPS) is 18.1. The van der Waals surface area contributed by atoms with Crippen LogP contribution < -0.4 is 9.47 Å². The summed E-state index contributed by atoms with van der Waals surface area (Å²) in [6, 6.07) is 13.7. The van der Waals surface area contributed by atoms with Gasteiger partial charge in [0.1, 0.15) is 16.4 Å². The van der Waals surface area contributed by atoms with Gasteiger partial charge >= 0.3 is 0 Å². The first-order chi connectivity index (χ1) is 13.0. The number of hydrogen-bond acceptors (Lipinski definition) is 5. The number of benzene rings is 2. The van der Waals surface area contributed by atoms with Crippen LogP contribution in [0.4, 0.5) is 0 Å². The molecule has 0 N–H and O–H groups in total. The molecule has 1 aliphatic heterocycles. The standard InChI is InChI=1S/C20H23NO5S/c1-25-17-10-11-18(26-2)19(13-17)27(23,24)21-12-6-9-16(14-21)20(22)15-7-4-3-5-8-15/h3-5,7-8,10-11,13,16H,6,9,12,14H2,1-2H3. The lowest BCUT2D eigenvalue weighted by Crippen LogP contribution is -2.42. The Labute approximate surface area is 159 Å². The molecule has 2 aromatic carbocycles. The third kappa shape index (κ3) is 3.99. The van der Waals surface area contributed by atoms with Crippen molar-refractivity contribution in [3.63, 3.8) is 0 Å². The first-order valence-electron chi connectivity index (χ1n) is 8.79. The molecule has 27 heavy (non-hydrogen) atoms. The van der Waals surface area contributed by atoms with Crippen molar-refractivity contribution in [2.45, 2.75) is 17.7 Å². The van der Waals surface area contributed by atoms with Gasteiger partial charge in [-0.15, -0.1) is 0 Å². The summed E-state index contributed by atoms with van der Waals surface area (Å²) in [5.41, 5.74) is 0.612. The second kappa shape index (κ2) is 8.10. The number of ether oxygens (including phenoxy) is 2. The fraction of sp³-hybridized carbons (Fsp3) is 0.350. The fourth-order valence-electron chi connectivity index (χ4n) is 3.34. The molecule has 0 bridgehead atoms. The van der Waals surface area contributed by atoms with Crippen LogP contribution in [0.1, 0.15) is 23.2 Å². The lowest BCUT2D eigenvalue weighted by atomic mass is 9.91. The summed E-state index contributed by atoms with van der Waals surface area (Å²) >= 11 is 0. The van der Waals surface area contributed by atoms with Gasteiger partial charge < -0.3 is 9.47 Å². The van der Waals surface area contributed by atoms with E-state index in [0.29, 0.717) is 30.7 Å². The quantitative estimate of drug-likeness (QED) is 0.710. The van der Waals surface area contributed by atoms with E-state index in [1.807, 2.05) is 18.2 Å². The summed E-state index contributed by atoms with van der Waals surface area (Å²) in [7, 11) is -0.901. The van der Waals surface area contributed by atoms with Crippen LogP contribution in [-0.4, -0.2) is 45.8 Å². The van der Waals surface area contributed by atoms with E-state index in [9.17, 15) is 13.2 Å². The molecule has 1 unspecified atom stereocenters. The van der Waals surface area contributed by atoms with Crippen molar-refractivity contribution in [2.24, 2.45) is 5.92 Å². The van der Waals surface area contributed by atoms with Crippen molar-refractivity contribution in [2.75, 3.05) is 27.3 Å². The van der Waals surface area contributed by atoms with Gasteiger partial charge in [-0.25, -0.2) is 8.42 Å². The van der Waals surface area contributed by atoms with Crippen LogP contribution in [0.3, 0.4) is 0 Å². The van der Waals surface area contributed by atoms with E-state index in [0.717, 1.165) is 0 Å². The molecule has 0 amide bonds. The summed E-state index contributed by atoms with van der Waals surface area (Å²) in [5.74, 6) is 0.316. The summed E-state index contributed by atoms with van der Waals surface area (Å²) in [4.78, 5) is 12.8. The molecule has 1 aliphatic rings. The molecule has 7 heteroatoms. The molecule has 0 saturated carbocycles. The zero-order valence-electron chi connectivity index (χ0n) is 15.4. The van der Waals surface area contributed by atoms with Crippen molar-refractivity contribution in [3.8, 4) is 11.5 Å². The molecular formula is C20H23NO5S. The number of nitrogens with zero attached hydrogens (tertiary/aromatic N) is 1. The second-order valence-electron chi connectivity index (χ2n) is 6.45. The summed E-state index contributed by atoms with van der Waals surface area (Å²) in [6.07, 6.45) is 1.31. The number of carbonyl (C=O) groups is 1. The minimum absolute atomic E-state index is 0.0203. The van der Waals surface area contributed by atoms with Gasteiger partial charge in [0, 0.05) is 30.6 Å². The van der Waals surface area contributed by atoms with E-state index in [1.54, 1.807) is 24.3 Å². The Bertz CT molecular complexity index is 911. The maximum Gasteiger partial charge on any atom is 0.246 e. The van der Waals surface area contributed by atoms with Crippen molar-refractivity contribution in [3.05, 3.63) is 54.1 Å². The van der Waals surface area contributed by atoms with Crippen LogP contribution in [0.15, 0.2) is 53.4 Å². The molecule has 6 nitrogen and oxygen atoms in total. The van der Waals surface area contributed by atoms with Crippen molar-refractivity contribution in [1.82, 2.24) is 4.31 Å². The first kappa shape index (κ1) is 19.4. The van der Waals surface area contributed by atoms with Crippen molar-refractivity contribution < 1.29 is 22.7 Å². The molecule has 0 radical (unpaired) electrons. The molecule has 0 aliphatic carbocycles. The highest BCUT2D eigenvalue weighted by Gasteiger charge is 2.35. The highest BCUT2D eigenvalue weighted by molar-refractivity contribution is 7.89. The molecule has 1 saturated heterocycles. The van der Waals surface area contributed by atoms with E-state index in [-0.39, 0.29) is 28.9 Å². The number of ketones is 1. The lowest BCUT2D eigenvalue weighted by molar-refractivity contribution is 0.0872. The van der Waals surface area contributed by atoms with Gasteiger partial charge in [-0.1, -0.05) is 30.3 Å². The van der Waals surface area contributed by atoms with E-state index in [4.69, 9.17) is 9.47 Å². The predicted octanol–water partition coefficient (Wildman–Crippen LogP) is 2.99. The lowest BCUT2D eigenvalue weighted by Gasteiger charge is -2.31. The number of sulfonamides is 1. The number of Topliss-reactive ketones (excluding diaryl/α,β-unsaturated/α-hetero) is 1. The van der Waals surface area contributed by atoms with Crippen LogP contribution in [0.5, 0.6) is 11.5 Å². The Morgan fingerprint density at radius 3 is 2.48 bits per heavy atom. The molecule has 1 heterocycles. The highest BCUT2D eigenvalue weighted by Crippen LogP contribution is 2.33. The average Bonchev–Trinajstić information content (AvgIpc) is 2.73. The van der Waals surface area contributed by atoms with E-state index in [2.05, 4.69) is 0 Å². The molecule has 0 aromatic heterocycles. The monoisotopic (exact) mass is 389 g/mol. The van der Waals surface area contributed by atoms with Crippen LogP contribution in [0.25, 0.3) is 0 Å². The maximum absolute atomic E-state index is 13.2. The number of piperidine rings is 1. The Balaban J connectivity index is 1.88. The molecule has 1 atom stereocenters. The number of hydrogen-bond donors (Lipinski definition) is 0. The van der Waals surface area contributed by atoms with Crippen molar-refractivity contribution >= 4 is 15.8 Å². The van der Waals surface area contributed by atoms with Crippen molar-refractivity contribution in [1.29, 1.82) is 0 Å². The van der Waals surface area contributed by atoms with Gasteiger partial charge in [0.25, 0.3) is 0 Å².